The molecule has 0 unspecified atom stereocenters. The van der Waals surface area contributed by atoms with Crippen LogP contribution in [-0.2, 0) is 9.53 Å². The Bertz CT molecular complexity index is 199. The second-order valence-electron chi connectivity index (χ2n) is 4.43. The van der Waals surface area contributed by atoms with Crippen LogP contribution in [-0.4, -0.2) is 61.6 Å². The quantitative estimate of drug-likeness (QED) is 0.641. The van der Waals surface area contributed by atoms with E-state index in [0.717, 1.165) is 32.7 Å². The summed E-state index contributed by atoms with van der Waals surface area (Å²) in [6.07, 6.45) is 0.520. The van der Waals surface area contributed by atoms with E-state index in [2.05, 4.69) is 16.8 Å². The first kappa shape index (κ1) is 12.5. The summed E-state index contributed by atoms with van der Waals surface area (Å²) < 4.78 is 5.09. The number of hydrogen-bond donors (Lipinski definition) is 0. The molecule has 0 spiro atoms. The standard InChI is InChI=1S/C11H22N2O2/c1-10(2)15-11(14)4-5-13-8-6-12(3)7-9-13/h10H,4-9H2,1-3H3. The Hall–Kier alpha value is -0.610. The van der Waals surface area contributed by atoms with Crippen molar-refractivity contribution < 1.29 is 9.53 Å². The van der Waals surface area contributed by atoms with Crippen molar-refractivity contribution in [3.05, 3.63) is 0 Å². The minimum atomic E-state index is -0.0797. The van der Waals surface area contributed by atoms with Crippen LogP contribution in [0.15, 0.2) is 0 Å². The highest BCUT2D eigenvalue weighted by atomic mass is 16.5. The molecule has 1 fully saturated rings. The number of rotatable bonds is 4. The molecule has 0 atom stereocenters. The third-order valence-electron chi connectivity index (χ3n) is 2.60. The summed E-state index contributed by atoms with van der Waals surface area (Å²) >= 11 is 0. The molecule has 1 aliphatic heterocycles. The molecule has 1 saturated heterocycles. The number of piperazine rings is 1. The molecule has 0 aliphatic carbocycles. The van der Waals surface area contributed by atoms with Crippen molar-refractivity contribution in [1.82, 2.24) is 9.80 Å². The number of nitrogens with zero attached hydrogens (tertiary/aromatic N) is 2. The summed E-state index contributed by atoms with van der Waals surface area (Å²) in [7, 11) is 2.13. The highest BCUT2D eigenvalue weighted by Gasteiger charge is 2.15. The third-order valence-corrected chi connectivity index (χ3v) is 2.60. The van der Waals surface area contributed by atoms with Crippen molar-refractivity contribution in [2.75, 3.05) is 39.8 Å². The lowest BCUT2D eigenvalue weighted by Crippen LogP contribution is -2.45. The Balaban J connectivity index is 2.12. The van der Waals surface area contributed by atoms with Crippen molar-refractivity contribution in [1.29, 1.82) is 0 Å². The molecule has 0 aromatic rings. The van der Waals surface area contributed by atoms with E-state index in [1.54, 1.807) is 0 Å². The van der Waals surface area contributed by atoms with Gasteiger partial charge in [0.1, 0.15) is 0 Å². The van der Waals surface area contributed by atoms with Gasteiger partial charge in [-0.15, -0.1) is 0 Å². The minimum absolute atomic E-state index is 0.00462. The van der Waals surface area contributed by atoms with E-state index in [0.29, 0.717) is 6.42 Å². The van der Waals surface area contributed by atoms with E-state index in [-0.39, 0.29) is 12.1 Å². The van der Waals surface area contributed by atoms with E-state index in [4.69, 9.17) is 4.74 Å². The van der Waals surface area contributed by atoms with Crippen LogP contribution in [0.3, 0.4) is 0 Å². The fourth-order valence-electron chi connectivity index (χ4n) is 1.64. The van der Waals surface area contributed by atoms with Gasteiger partial charge in [0.15, 0.2) is 0 Å². The summed E-state index contributed by atoms with van der Waals surface area (Å²) in [4.78, 5) is 15.9. The smallest absolute Gasteiger partial charge is 0.307 e. The van der Waals surface area contributed by atoms with Crippen molar-refractivity contribution in [3.63, 3.8) is 0 Å². The van der Waals surface area contributed by atoms with Crippen molar-refractivity contribution in [2.24, 2.45) is 0 Å². The van der Waals surface area contributed by atoms with Gasteiger partial charge in [0, 0.05) is 32.7 Å². The maximum Gasteiger partial charge on any atom is 0.307 e. The van der Waals surface area contributed by atoms with Gasteiger partial charge >= 0.3 is 5.97 Å². The maximum atomic E-state index is 11.3. The largest absolute Gasteiger partial charge is 0.463 e. The van der Waals surface area contributed by atoms with Crippen LogP contribution in [0.2, 0.25) is 0 Å². The zero-order valence-corrected chi connectivity index (χ0v) is 10.0. The molecule has 1 rings (SSSR count). The summed E-state index contributed by atoms with van der Waals surface area (Å²) in [6.45, 7) is 8.91. The molecular weight excluding hydrogens is 192 g/mol. The number of hydrogen-bond acceptors (Lipinski definition) is 4. The van der Waals surface area contributed by atoms with Gasteiger partial charge in [0.25, 0.3) is 0 Å². The predicted octanol–water partition coefficient (Wildman–Crippen LogP) is 0.575. The molecule has 15 heavy (non-hydrogen) atoms. The molecule has 88 valence electrons. The van der Waals surface area contributed by atoms with Gasteiger partial charge in [-0.3, -0.25) is 4.79 Å². The third kappa shape index (κ3) is 5.14. The molecular formula is C11H22N2O2. The van der Waals surface area contributed by atoms with Gasteiger partial charge in [-0.05, 0) is 20.9 Å². The second kappa shape index (κ2) is 6.08. The molecule has 1 heterocycles. The van der Waals surface area contributed by atoms with Gasteiger partial charge in [0.2, 0.25) is 0 Å². The average Bonchev–Trinajstić information content (AvgIpc) is 2.16. The van der Waals surface area contributed by atoms with E-state index >= 15 is 0 Å². The predicted molar refractivity (Wildman–Crippen MR) is 59.8 cm³/mol. The van der Waals surface area contributed by atoms with Crippen LogP contribution >= 0.6 is 0 Å². The van der Waals surface area contributed by atoms with Crippen molar-refractivity contribution >= 4 is 5.97 Å². The highest BCUT2D eigenvalue weighted by molar-refractivity contribution is 5.69. The minimum Gasteiger partial charge on any atom is -0.463 e. The summed E-state index contributed by atoms with van der Waals surface area (Å²) in [5.74, 6) is -0.0797. The molecule has 0 aromatic carbocycles. The lowest BCUT2D eigenvalue weighted by atomic mass is 10.3. The first-order chi connectivity index (χ1) is 7.08. The molecule has 4 heteroatoms. The Labute approximate surface area is 92.2 Å². The first-order valence-electron chi connectivity index (χ1n) is 5.68. The second-order valence-corrected chi connectivity index (χ2v) is 4.43. The first-order valence-corrected chi connectivity index (χ1v) is 5.68. The molecule has 0 saturated carbocycles. The van der Waals surface area contributed by atoms with Crippen LogP contribution < -0.4 is 0 Å². The van der Waals surface area contributed by atoms with E-state index in [1.807, 2.05) is 13.8 Å². The van der Waals surface area contributed by atoms with Crippen molar-refractivity contribution in [2.45, 2.75) is 26.4 Å². The van der Waals surface area contributed by atoms with Crippen LogP contribution in [0.1, 0.15) is 20.3 Å². The SMILES string of the molecule is CC(C)OC(=O)CCN1CCN(C)CC1. The Morgan fingerprint density at radius 2 is 1.87 bits per heavy atom. The van der Waals surface area contributed by atoms with Gasteiger partial charge in [-0.2, -0.15) is 0 Å². The Kier molecular flexibility index (Phi) is 5.05. The summed E-state index contributed by atoms with van der Waals surface area (Å²) in [6, 6.07) is 0. The average molecular weight is 214 g/mol. The summed E-state index contributed by atoms with van der Waals surface area (Å²) in [5.41, 5.74) is 0. The van der Waals surface area contributed by atoms with Gasteiger partial charge < -0.3 is 14.5 Å². The lowest BCUT2D eigenvalue weighted by molar-refractivity contribution is -0.147. The molecule has 0 amide bonds. The Morgan fingerprint density at radius 1 is 1.27 bits per heavy atom. The lowest BCUT2D eigenvalue weighted by Gasteiger charge is -2.32. The molecule has 0 N–H and O–H groups in total. The maximum absolute atomic E-state index is 11.3. The summed E-state index contributed by atoms with van der Waals surface area (Å²) in [5, 5.41) is 0. The van der Waals surface area contributed by atoms with Crippen LogP contribution in [0.4, 0.5) is 0 Å². The fourth-order valence-corrected chi connectivity index (χ4v) is 1.64. The molecule has 1 aliphatic rings. The van der Waals surface area contributed by atoms with E-state index in [9.17, 15) is 4.79 Å². The molecule has 0 radical (unpaired) electrons. The van der Waals surface area contributed by atoms with Crippen LogP contribution in [0.5, 0.6) is 0 Å². The Morgan fingerprint density at radius 3 is 2.40 bits per heavy atom. The topological polar surface area (TPSA) is 32.8 Å². The van der Waals surface area contributed by atoms with Gasteiger partial charge in [-0.1, -0.05) is 0 Å². The number of likely N-dealkylation sites (N-methyl/N-ethyl adjacent to an activating group) is 1. The monoisotopic (exact) mass is 214 g/mol. The zero-order valence-electron chi connectivity index (χ0n) is 10.0. The number of carbonyl (C=O) groups excluding carboxylic acids is 1. The van der Waals surface area contributed by atoms with Crippen LogP contribution in [0.25, 0.3) is 0 Å². The molecule has 0 aromatic heterocycles. The number of ether oxygens (including phenoxy) is 1. The molecule has 0 bridgehead atoms. The van der Waals surface area contributed by atoms with Gasteiger partial charge in [-0.25, -0.2) is 0 Å². The van der Waals surface area contributed by atoms with Crippen molar-refractivity contribution in [3.8, 4) is 0 Å². The zero-order chi connectivity index (χ0) is 11.3. The van der Waals surface area contributed by atoms with Gasteiger partial charge in [0.05, 0.1) is 12.5 Å². The molecule has 4 nitrogen and oxygen atoms in total. The normalized spacial score (nSPS) is 19.5. The number of esters is 1. The van der Waals surface area contributed by atoms with E-state index < -0.39 is 0 Å². The van der Waals surface area contributed by atoms with E-state index in [1.165, 1.54) is 0 Å². The highest BCUT2D eigenvalue weighted by Crippen LogP contribution is 2.01. The fraction of sp³-hybridized carbons (Fsp3) is 0.909. The number of carbonyl (C=O) groups is 1. The van der Waals surface area contributed by atoms with Crippen LogP contribution in [0, 0.1) is 0 Å².